The Hall–Kier alpha value is -1.74. The van der Waals surface area contributed by atoms with Crippen LogP contribution in [0.4, 0.5) is 0 Å². The van der Waals surface area contributed by atoms with Gasteiger partial charge in [-0.2, -0.15) is 0 Å². The second kappa shape index (κ2) is 28.6. The maximum absolute atomic E-state index is 13.8. The molecule has 0 fully saturated rings. The first-order valence-corrected chi connectivity index (χ1v) is 26.7. The van der Waals surface area contributed by atoms with E-state index in [2.05, 4.69) is 61.5 Å². The number of ketones is 1. The molecular formula is C52H94O11Si. The van der Waals surface area contributed by atoms with Crippen molar-refractivity contribution in [2.45, 2.75) is 213 Å². The number of fused-ring (bicyclic) bond motifs is 2. The van der Waals surface area contributed by atoms with E-state index in [0.717, 1.165) is 18.4 Å². The van der Waals surface area contributed by atoms with E-state index < -0.39 is 44.6 Å². The summed E-state index contributed by atoms with van der Waals surface area (Å²) in [6.45, 7) is 28.4. The van der Waals surface area contributed by atoms with Gasteiger partial charge in [0.05, 0.1) is 48.8 Å². The van der Waals surface area contributed by atoms with E-state index in [-0.39, 0.29) is 65.9 Å². The van der Waals surface area contributed by atoms with E-state index in [0.29, 0.717) is 61.8 Å². The molecule has 2 aliphatic rings. The predicted octanol–water partition coefficient (Wildman–Crippen LogP) is 10.2. The number of hydrogen-bond donors (Lipinski definition) is 2. The van der Waals surface area contributed by atoms with Crippen LogP contribution in [-0.2, 0) is 42.4 Å². The van der Waals surface area contributed by atoms with Crippen molar-refractivity contribution >= 4 is 20.1 Å². The Kier molecular flexibility index (Phi) is 26.0. The van der Waals surface area contributed by atoms with Gasteiger partial charge < -0.3 is 43.1 Å². The Morgan fingerprint density at radius 2 is 1.38 bits per heavy atom. The van der Waals surface area contributed by atoms with Crippen LogP contribution in [0.25, 0.3) is 0 Å². The van der Waals surface area contributed by atoms with Crippen molar-refractivity contribution in [3.8, 4) is 0 Å². The highest BCUT2D eigenvalue weighted by Gasteiger charge is 2.45. The van der Waals surface area contributed by atoms with Gasteiger partial charge in [0.2, 0.25) is 0 Å². The zero-order valence-corrected chi connectivity index (χ0v) is 44.2. The van der Waals surface area contributed by atoms with Gasteiger partial charge in [0.1, 0.15) is 11.9 Å². The van der Waals surface area contributed by atoms with Gasteiger partial charge >= 0.3 is 5.97 Å². The number of methoxy groups -OCH3 is 4. The smallest absolute Gasteiger partial charge is 0.331 e. The number of carbonyl (C=O) groups excluding carboxylic acids is 2. The highest BCUT2D eigenvalue weighted by atomic mass is 28.4. The van der Waals surface area contributed by atoms with Crippen molar-refractivity contribution in [3.05, 3.63) is 36.0 Å². The molecule has 11 nitrogen and oxygen atoms in total. The number of allylic oxidation sites excluding steroid dienone is 2. The minimum atomic E-state index is -2.00. The Bertz CT molecular complexity index is 1420. The summed E-state index contributed by atoms with van der Waals surface area (Å²) in [4.78, 5) is 27.4. The van der Waals surface area contributed by atoms with Gasteiger partial charge in [-0.25, -0.2) is 4.79 Å². The quantitative estimate of drug-likeness (QED) is 0.0685. The van der Waals surface area contributed by atoms with E-state index in [1.54, 1.807) is 34.5 Å². The average Bonchev–Trinajstić information content (AvgIpc) is 3.25. The molecule has 2 aliphatic heterocycles. The summed E-state index contributed by atoms with van der Waals surface area (Å²) < 4.78 is 43.9. The molecule has 2 bridgehead atoms. The van der Waals surface area contributed by atoms with Gasteiger partial charge in [0.15, 0.2) is 8.32 Å². The van der Waals surface area contributed by atoms with E-state index in [1.165, 1.54) is 6.08 Å². The maximum atomic E-state index is 13.8. The zero-order valence-electron chi connectivity index (χ0n) is 43.2. The Morgan fingerprint density at radius 1 is 0.797 bits per heavy atom. The molecule has 0 spiro atoms. The lowest BCUT2D eigenvalue weighted by atomic mass is 9.78. The van der Waals surface area contributed by atoms with Gasteiger partial charge in [-0.1, -0.05) is 113 Å². The molecule has 2 N–H and O–H groups in total. The third-order valence-corrected chi connectivity index (χ3v) is 21.3. The summed E-state index contributed by atoms with van der Waals surface area (Å²) in [5.74, 6) is -1.81. The maximum Gasteiger partial charge on any atom is 0.331 e. The highest BCUT2D eigenvalue weighted by molar-refractivity contribution is 6.77. The molecule has 372 valence electrons. The van der Waals surface area contributed by atoms with Gasteiger partial charge in [0, 0.05) is 90.5 Å². The molecule has 2 rings (SSSR count). The fraction of sp³-hybridized carbons (Fsp3) is 0.846. The van der Waals surface area contributed by atoms with Gasteiger partial charge in [0.25, 0.3) is 0 Å². The molecule has 0 aromatic carbocycles. The molecule has 12 heteroatoms. The molecule has 64 heavy (non-hydrogen) atoms. The fourth-order valence-corrected chi connectivity index (χ4v) is 16.5. The fourth-order valence-electron chi connectivity index (χ4n) is 11.0. The van der Waals surface area contributed by atoms with Gasteiger partial charge in [-0.3, -0.25) is 4.79 Å². The summed E-state index contributed by atoms with van der Waals surface area (Å²) in [6.07, 6.45) is 9.89. The summed E-state index contributed by atoms with van der Waals surface area (Å²) in [5.41, 5.74) is 2.32. The van der Waals surface area contributed by atoms with Crippen LogP contribution in [-0.4, -0.2) is 120 Å². The zero-order chi connectivity index (χ0) is 48.5. The second-order valence-electron chi connectivity index (χ2n) is 20.5. The second-order valence-corrected chi connectivity index (χ2v) is 26.0. The van der Waals surface area contributed by atoms with Crippen molar-refractivity contribution in [2.24, 2.45) is 35.5 Å². The lowest BCUT2D eigenvalue weighted by Gasteiger charge is -2.42. The molecule has 2 heterocycles. The molecule has 0 unspecified atom stereocenters. The van der Waals surface area contributed by atoms with E-state index >= 15 is 0 Å². The van der Waals surface area contributed by atoms with Crippen LogP contribution in [0.3, 0.4) is 0 Å². The van der Waals surface area contributed by atoms with Crippen LogP contribution in [0.1, 0.15) is 141 Å². The number of hydrogen-bond acceptors (Lipinski definition) is 11. The van der Waals surface area contributed by atoms with Crippen LogP contribution >= 0.6 is 0 Å². The third-order valence-electron chi connectivity index (χ3n) is 15.2. The molecule has 0 aromatic rings. The normalized spacial score (nSPS) is 31.4. The van der Waals surface area contributed by atoms with Crippen molar-refractivity contribution < 1.29 is 52.6 Å². The molecule has 0 saturated carbocycles. The first-order valence-electron chi connectivity index (χ1n) is 24.6. The summed E-state index contributed by atoms with van der Waals surface area (Å²) in [6, 6.07) is 0. The van der Waals surface area contributed by atoms with Crippen LogP contribution in [0.2, 0.25) is 16.6 Å². The molecular weight excluding hydrogens is 829 g/mol. The Labute approximate surface area is 390 Å². The molecule has 15 atom stereocenters. The lowest BCUT2D eigenvalue weighted by molar-refractivity contribution is -0.159. The summed E-state index contributed by atoms with van der Waals surface area (Å²) in [7, 11) is 4.74. The topological polar surface area (TPSA) is 139 Å². The number of Topliss-reactive ketones (excluding diaryl/α,β-unsaturated/α-hetero) is 1. The van der Waals surface area contributed by atoms with Crippen molar-refractivity contribution in [1.29, 1.82) is 0 Å². The third kappa shape index (κ3) is 16.8. The standard InChI is InChI=1S/C52H94O11Si/c1-32(2)64(33(3)4,34(5)6)61-28-27-37(9)51(60-17)38(10)45(54)25-23-36(8)50(56)41(13)52-40(12)48(59-16)31-47(58-15)39(11)46(57-14)30-44-20-18-19-43(62-44)29-42(53)24-21-35(7)22-26-49(55)63-52/h18-19,21-22,26,32-34,36-44,46-48,50-53,56H,20,23-25,27-31H2,1-17H3/b26-22+,35-21+/t36-,37+,38-,39+,40-,41-,42-,43-,44-,46-,47-,48+,50-,51+,52-/m0/s1. The van der Waals surface area contributed by atoms with E-state index in [4.69, 9.17) is 32.8 Å². The van der Waals surface area contributed by atoms with Crippen LogP contribution in [0.15, 0.2) is 36.0 Å². The Morgan fingerprint density at radius 3 is 1.94 bits per heavy atom. The first-order chi connectivity index (χ1) is 30.1. The summed E-state index contributed by atoms with van der Waals surface area (Å²) in [5, 5.41) is 22.9. The number of ether oxygens (including phenoxy) is 6. The molecule has 0 aliphatic carbocycles. The first kappa shape index (κ1) is 58.4. The van der Waals surface area contributed by atoms with Crippen molar-refractivity contribution in [2.75, 3.05) is 35.0 Å². The van der Waals surface area contributed by atoms with Crippen molar-refractivity contribution in [3.63, 3.8) is 0 Å². The van der Waals surface area contributed by atoms with Crippen molar-refractivity contribution in [1.82, 2.24) is 0 Å². The number of esters is 1. The minimum Gasteiger partial charge on any atom is -0.458 e. The molecule has 0 aromatic heterocycles. The molecule has 0 radical (unpaired) electrons. The number of cyclic esters (lactones) is 1. The predicted molar refractivity (Wildman–Crippen MR) is 260 cm³/mol. The Balaban J connectivity index is 2.30. The van der Waals surface area contributed by atoms with E-state index in [9.17, 15) is 19.8 Å². The minimum absolute atomic E-state index is 0.0428. The lowest BCUT2D eigenvalue weighted by Crippen LogP contribution is -2.48. The molecule has 0 saturated heterocycles. The summed E-state index contributed by atoms with van der Waals surface area (Å²) >= 11 is 0. The van der Waals surface area contributed by atoms with Gasteiger partial charge in [-0.15, -0.1) is 0 Å². The SMILES string of the molecule is CO[C@H]([C@H](C)CCO[Si](C(C)C)(C(C)C)C(C)C)[C@@H](C)C(=O)CC[C@H](C)[C@H](O)[C@H](C)[C@H]1OC(=O)/C=C/C(C)=C/C[C@H](O)C[C@@H]2C=CC[C@@H](C[C@H](OC)[C@@H](C)[C@@H](OC)C[C@@H](OC)[C@@H]1C)O2. The van der Waals surface area contributed by atoms with E-state index in [1.807, 2.05) is 46.8 Å². The number of aliphatic hydroxyl groups is 2. The number of aliphatic hydroxyl groups excluding tert-OH is 2. The number of carbonyl (C=O) groups is 2. The largest absolute Gasteiger partial charge is 0.458 e. The van der Waals surface area contributed by atoms with Crippen LogP contribution in [0.5, 0.6) is 0 Å². The molecule has 0 amide bonds. The van der Waals surface area contributed by atoms with Crippen LogP contribution < -0.4 is 0 Å². The number of rotatable bonds is 20. The van der Waals surface area contributed by atoms with Crippen LogP contribution in [0, 0.1) is 35.5 Å². The average molecular weight is 923 g/mol. The van der Waals surface area contributed by atoms with Gasteiger partial charge in [-0.05, 0) is 61.1 Å². The highest BCUT2D eigenvalue weighted by Crippen LogP contribution is 2.43. The monoisotopic (exact) mass is 923 g/mol.